The fourth-order valence-corrected chi connectivity index (χ4v) is 1.71. The number of methoxy groups -OCH3 is 1. The molecule has 1 unspecified atom stereocenters. The van der Waals surface area contributed by atoms with Gasteiger partial charge in [-0.3, -0.25) is 4.79 Å². The molecule has 1 aromatic carbocycles. The summed E-state index contributed by atoms with van der Waals surface area (Å²) in [5, 5.41) is 15.0. The maximum absolute atomic E-state index is 12.2. The van der Waals surface area contributed by atoms with E-state index in [9.17, 15) is 4.79 Å². The van der Waals surface area contributed by atoms with Crippen LogP contribution in [0.3, 0.4) is 0 Å². The second-order valence-corrected chi connectivity index (χ2v) is 5.62. The minimum absolute atomic E-state index is 0.0757. The molecule has 0 aromatic heterocycles. The molecule has 0 spiro atoms. The van der Waals surface area contributed by atoms with Gasteiger partial charge in [-0.25, -0.2) is 0 Å². The fraction of sp³-hybridized carbons (Fsp3) is 0.500. The number of amides is 1. The molecule has 0 aliphatic carbocycles. The Kier molecular flexibility index (Phi) is 5.60. The van der Waals surface area contributed by atoms with Gasteiger partial charge < -0.3 is 15.4 Å². The van der Waals surface area contributed by atoms with Crippen molar-refractivity contribution < 1.29 is 9.53 Å². The molecule has 0 saturated heterocycles. The van der Waals surface area contributed by atoms with Crippen LogP contribution in [0.25, 0.3) is 0 Å². The van der Waals surface area contributed by atoms with Gasteiger partial charge >= 0.3 is 0 Å². The van der Waals surface area contributed by atoms with Gasteiger partial charge in [-0.05, 0) is 39.3 Å². The van der Waals surface area contributed by atoms with Gasteiger partial charge in [0.1, 0.15) is 11.8 Å². The molecular weight excluding hydrogens is 266 g/mol. The summed E-state index contributed by atoms with van der Waals surface area (Å²) in [6.45, 7) is 7.79. The van der Waals surface area contributed by atoms with Crippen LogP contribution in [0.5, 0.6) is 5.75 Å². The van der Waals surface area contributed by atoms with Gasteiger partial charge in [0, 0.05) is 11.6 Å². The highest BCUT2D eigenvalue weighted by Crippen LogP contribution is 2.26. The van der Waals surface area contributed by atoms with Gasteiger partial charge in [0.05, 0.1) is 24.4 Å². The van der Waals surface area contributed by atoms with E-state index in [2.05, 4.69) is 16.7 Å². The lowest BCUT2D eigenvalue weighted by Crippen LogP contribution is -2.48. The Hall–Kier alpha value is -2.22. The lowest BCUT2D eigenvalue weighted by atomic mass is 10.0. The Balaban J connectivity index is 2.81. The predicted octanol–water partition coefficient (Wildman–Crippen LogP) is 2.67. The Bertz CT molecular complexity index is 547. The lowest BCUT2D eigenvalue weighted by molar-refractivity contribution is -0.123. The molecule has 0 fully saturated rings. The van der Waals surface area contributed by atoms with E-state index < -0.39 is 6.04 Å². The molecule has 1 amide bonds. The van der Waals surface area contributed by atoms with Gasteiger partial charge in [0.2, 0.25) is 5.91 Å². The van der Waals surface area contributed by atoms with Crippen molar-refractivity contribution >= 4 is 11.6 Å². The summed E-state index contributed by atoms with van der Waals surface area (Å²) < 4.78 is 5.25. The maximum atomic E-state index is 12.2. The number of ether oxygens (including phenoxy) is 1. The first-order valence-electron chi connectivity index (χ1n) is 6.99. The smallest absolute Gasteiger partial charge is 0.242 e. The third-order valence-corrected chi connectivity index (χ3v) is 3.44. The predicted molar refractivity (Wildman–Crippen MR) is 83.3 cm³/mol. The summed E-state index contributed by atoms with van der Waals surface area (Å²) in [5.41, 5.74) is 0.969. The van der Waals surface area contributed by atoms with E-state index in [1.165, 1.54) is 7.11 Å². The minimum atomic E-state index is -0.405. The van der Waals surface area contributed by atoms with Crippen LogP contribution in [0.15, 0.2) is 18.2 Å². The van der Waals surface area contributed by atoms with E-state index >= 15 is 0 Å². The van der Waals surface area contributed by atoms with Gasteiger partial charge in [-0.1, -0.05) is 6.92 Å². The van der Waals surface area contributed by atoms with Crippen LogP contribution in [-0.2, 0) is 4.79 Å². The number of rotatable bonds is 6. The van der Waals surface area contributed by atoms with Crippen molar-refractivity contribution in [2.45, 2.75) is 45.7 Å². The van der Waals surface area contributed by atoms with Crippen molar-refractivity contribution in [1.29, 1.82) is 5.26 Å². The van der Waals surface area contributed by atoms with E-state index in [0.717, 1.165) is 6.42 Å². The Labute approximate surface area is 126 Å². The van der Waals surface area contributed by atoms with Crippen LogP contribution < -0.4 is 15.4 Å². The lowest BCUT2D eigenvalue weighted by Gasteiger charge is -2.27. The first kappa shape index (κ1) is 16.8. The molecule has 0 aliphatic rings. The van der Waals surface area contributed by atoms with Gasteiger partial charge in [-0.15, -0.1) is 0 Å². The summed E-state index contributed by atoms with van der Waals surface area (Å²) in [6.07, 6.45) is 0.853. The quantitative estimate of drug-likeness (QED) is 0.844. The molecule has 5 heteroatoms. The second-order valence-electron chi connectivity index (χ2n) is 5.62. The summed E-state index contributed by atoms with van der Waals surface area (Å²) in [7, 11) is 1.53. The van der Waals surface area contributed by atoms with Crippen molar-refractivity contribution in [1.82, 2.24) is 5.32 Å². The van der Waals surface area contributed by atoms with Gasteiger partial charge in [0.25, 0.3) is 0 Å². The molecule has 1 aromatic rings. The van der Waals surface area contributed by atoms with Crippen LogP contribution in [-0.4, -0.2) is 24.6 Å². The van der Waals surface area contributed by atoms with E-state index in [1.54, 1.807) is 25.1 Å². The maximum Gasteiger partial charge on any atom is 0.242 e. The van der Waals surface area contributed by atoms with Crippen LogP contribution in [0, 0.1) is 11.3 Å². The normalized spacial score (nSPS) is 12.2. The number of carbonyl (C=O) groups excluding carboxylic acids is 1. The molecule has 0 heterocycles. The van der Waals surface area contributed by atoms with Crippen molar-refractivity contribution in [2.75, 3.05) is 12.4 Å². The highest BCUT2D eigenvalue weighted by Gasteiger charge is 2.22. The topological polar surface area (TPSA) is 74.2 Å². The van der Waals surface area contributed by atoms with Crippen molar-refractivity contribution in [3.8, 4) is 11.8 Å². The number of nitrogens with zero attached hydrogens (tertiary/aromatic N) is 1. The van der Waals surface area contributed by atoms with E-state index in [0.29, 0.717) is 17.0 Å². The molecule has 114 valence electrons. The number of nitrogens with one attached hydrogen (secondary N) is 2. The zero-order chi connectivity index (χ0) is 16.0. The van der Waals surface area contributed by atoms with Crippen molar-refractivity contribution in [3.05, 3.63) is 23.8 Å². The molecule has 5 nitrogen and oxygen atoms in total. The number of carbonyl (C=O) groups is 1. The molecule has 0 aliphatic heterocycles. The standard InChI is InChI=1S/C16H23N3O2/c1-6-16(3,4)19-15(20)11(2)18-13-8-7-12(10-17)9-14(13)21-5/h7-9,11,18H,6H2,1-5H3,(H,19,20). The summed E-state index contributed by atoms with van der Waals surface area (Å²) in [4.78, 5) is 12.2. The number of hydrogen-bond acceptors (Lipinski definition) is 4. The number of benzene rings is 1. The van der Waals surface area contributed by atoms with Crippen LogP contribution in [0.4, 0.5) is 5.69 Å². The second kappa shape index (κ2) is 6.98. The number of nitriles is 1. The zero-order valence-corrected chi connectivity index (χ0v) is 13.3. The molecule has 21 heavy (non-hydrogen) atoms. The molecule has 1 atom stereocenters. The van der Waals surface area contributed by atoms with Crippen LogP contribution in [0.2, 0.25) is 0 Å². The molecule has 0 radical (unpaired) electrons. The van der Waals surface area contributed by atoms with Gasteiger partial charge in [-0.2, -0.15) is 5.26 Å². The third-order valence-electron chi connectivity index (χ3n) is 3.44. The highest BCUT2D eigenvalue weighted by atomic mass is 16.5. The molecule has 1 rings (SSSR count). The number of hydrogen-bond donors (Lipinski definition) is 2. The largest absolute Gasteiger partial charge is 0.495 e. The number of anilines is 1. The Morgan fingerprint density at radius 3 is 2.67 bits per heavy atom. The zero-order valence-electron chi connectivity index (χ0n) is 13.3. The Morgan fingerprint density at radius 2 is 2.14 bits per heavy atom. The average molecular weight is 289 g/mol. The fourth-order valence-electron chi connectivity index (χ4n) is 1.71. The Morgan fingerprint density at radius 1 is 1.48 bits per heavy atom. The van der Waals surface area contributed by atoms with Crippen molar-refractivity contribution in [3.63, 3.8) is 0 Å². The van der Waals surface area contributed by atoms with Gasteiger partial charge in [0.15, 0.2) is 0 Å². The van der Waals surface area contributed by atoms with E-state index in [4.69, 9.17) is 10.00 Å². The summed E-state index contributed by atoms with van der Waals surface area (Å²) >= 11 is 0. The first-order valence-corrected chi connectivity index (χ1v) is 6.99. The molecule has 2 N–H and O–H groups in total. The highest BCUT2D eigenvalue weighted by molar-refractivity contribution is 5.85. The monoisotopic (exact) mass is 289 g/mol. The SMILES string of the molecule is CCC(C)(C)NC(=O)C(C)Nc1ccc(C#N)cc1OC. The summed E-state index contributed by atoms with van der Waals surface area (Å²) in [5.74, 6) is 0.469. The minimum Gasteiger partial charge on any atom is -0.495 e. The molecule has 0 bridgehead atoms. The molecule has 0 saturated carbocycles. The molecular formula is C16H23N3O2. The van der Waals surface area contributed by atoms with E-state index in [-0.39, 0.29) is 11.4 Å². The third kappa shape index (κ3) is 4.67. The first-order chi connectivity index (χ1) is 9.82. The van der Waals surface area contributed by atoms with Crippen LogP contribution in [0.1, 0.15) is 39.7 Å². The van der Waals surface area contributed by atoms with Crippen molar-refractivity contribution in [2.24, 2.45) is 0 Å². The summed E-state index contributed by atoms with van der Waals surface area (Å²) in [6, 6.07) is 6.72. The average Bonchev–Trinajstić information content (AvgIpc) is 2.47. The van der Waals surface area contributed by atoms with Crippen LogP contribution >= 0.6 is 0 Å². The van der Waals surface area contributed by atoms with E-state index in [1.807, 2.05) is 20.8 Å².